The number of carbonyl (C=O) groups is 2. The van der Waals surface area contributed by atoms with Crippen molar-refractivity contribution in [3.8, 4) is 5.75 Å². The van der Waals surface area contributed by atoms with E-state index >= 15 is 0 Å². The molecule has 2 unspecified atom stereocenters. The fourth-order valence-corrected chi connectivity index (χ4v) is 2.75. The van der Waals surface area contributed by atoms with E-state index in [1.165, 1.54) is 12.1 Å². The van der Waals surface area contributed by atoms with Crippen LogP contribution >= 0.6 is 0 Å². The third-order valence-electron chi connectivity index (χ3n) is 4.31. The van der Waals surface area contributed by atoms with Gasteiger partial charge in [-0.1, -0.05) is 12.1 Å². The van der Waals surface area contributed by atoms with Crippen molar-refractivity contribution in [2.75, 3.05) is 13.2 Å². The molecule has 1 aromatic rings. The summed E-state index contributed by atoms with van der Waals surface area (Å²) in [5, 5.41) is 2.79. The highest BCUT2D eigenvalue weighted by Gasteiger charge is 2.55. The van der Waals surface area contributed by atoms with Crippen LogP contribution < -0.4 is 10.1 Å². The van der Waals surface area contributed by atoms with Gasteiger partial charge < -0.3 is 14.8 Å². The number of rotatable bonds is 8. The summed E-state index contributed by atoms with van der Waals surface area (Å²) in [4.78, 5) is 26.1. The average molecular weight is 354 g/mol. The van der Waals surface area contributed by atoms with Gasteiger partial charge in [-0.3, -0.25) is 9.69 Å². The number of carbonyl (C=O) groups excluding carboxylic acids is 2. The number of amides is 1. The summed E-state index contributed by atoms with van der Waals surface area (Å²) in [6.45, 7) is 0.149. The van der Waals surface area contributed by atoms with E-state index in [4.69, 9.17) is 4.74 Å². The lowest BCUT2D eigenvalue weighted by molar-refractivity contribution is -0.148. The van der Waals surface area contributed by atoms with Gasteiger partial charge in [0.25, 0.3) is 0 Å². The molecular weight excluding hydrogens is 334 g/mol. The van der Waals surface area contributed by atoms with Crippen LogP contribution in [-0.2, 0) is 20.9 Å². The first-order chi connectivity index (χ1) is 11.9. The maximum Gasteiger partial charge on any atom is 0.387 e. The van der Waals surface area contributed by atoms with Crippen molar-refractivity contribution in [3.63, 3.8) is 0 Å². The van der Waals surface area contributed by atoms with Crippen LogP contribution in [0.1, 0.15) is 25.3 Å². The minimum atomic E-state index is -2.87. The first-order valence-electron chi connectivity index (χ1n) is 8.20. The van der Waals surface area contributed by atoms with Gasteiger partial charge in [-0.15, -0.1) is 0 Å². The lowest BCUT2D eigenvalue weighted by Crippen LogP contribution is -2.46. The van der Waals surface area contributed by atoms with Crippen molar-refractivity contribution in [1.29, 1.82) is 0 Å². The molecule has 136 valence electrons. The Hall–Kier alpha value is -2.22. The van der Waals surface area contributed by atoms with Gasteiger partial charge in [0.15, 0.2) is 0 Å². The molecule has 0 bridgehead atoms. The molecule has 1 saturated carbocycles. The summed E-state index contributed by atoms with van der Waals surface area (Å²) in [6, 6.07) is 6.09. The molecule has 25 heavy (non-hydrogen) atoms. The molecule has 0 spiro atoms. The predicted molar refractivity (Wildman–Crippen MR) is 84.0 cm³/mol. The molecule has 2 aliphatic rings. The zero-order chi connectivity index (χ0) is 18.0. The fourth-order valence-electron chi connectivity index (χ4n) is 2.75. The molecule has 1 N–H and O–H groups in total. The second kappa shape index (κ2) is 6.95. The van der Waals surface area contributed by atoms with E-state index < -0.39 is 12.2 Å². The summed E-state index contributed by atoms with van der Waals surface area (Å²) < 4.78 is 33.9. The Labute approximate surface area is 144 Å². The Kier molecular flexibility index (Phi) is 4.89. The summed E-state index contributed by atoms with van der Waals surface area (Å²) in [5.41, 5.74) is -0.0770. The normalized spacial score (nSPS) is 23.0. The van der Waals surface area contributed by atoms with Crippen molar-refractivity contribution >= 4 is 11.9 Å². The second-order valence-electron chi connectivity index (χ2n) is 6.26. The largest absolute Gasteiger partial charge is 0.464 e. The van der Waals surface area contributed by atoms with Crippen LogP contribution in [0.5, 0.6) is 5.75 Å². The summed E-state index contributed by atoms with van der Waals surface area (Å²) in [7, 11) is 0. The predicted octanol–water partition coefficient (Wildman–Crippen LogP) is 1.68. The maximum atomic E-state index is 12.3. The van der Waals surface area contributed by atoms with Gasteiger partial charge in [0.1, 0.15) is 17.3 Å². The Morgan fingerprint density at radius 1 is 1.40 bits per heavy atom. The van der Waals surface area contributed by atoms with Crippen LogP contribution in [0.3, 0.4) is 0 Å². The highest BCUT2D eigenvalue weighted by Crippen LogP contribution is 2.37. The number of nitrogens with zero attached hydrogens (tertiary/aromatic N) is 1. The molecule has 1 aliphatic heterocycles. The molecule has 1 aromatic carbocycles. The molecule has 1 aliphatic carbocycles. The van der Waals surface area contributed by atoms with Crippen LogP contribution in [0.4, 0.5) is 8.78 Å². The van der Waals surface area contributed by atoms with E-state index in [9.17, 15) is 18.4 Å². The van der Waals surface area contributed by atoms with E-state index in [2.05, 4.69) is 10.1 Å². The quantitative estimate of drug-likeness (QED) is 0.568. The first kappa shape index (κ1) is 17.6. The monoisotopic (exact) mass is 354 g/mol. The van der Waals surface area contributed by atoms with Crippen molar-refractivity contribution in [2.24, 2.45) is 0 Å². The standard InChI is InChI=1S/C17H20F2N2O4/c1-2-24-15(23)17(6-7-17)20-14(22)13-10-21(13)9-11-4-3-5-12(8-11)25-16(18)19/h3-5,8,13,16H,2,6-7,9-10H2,1H3,(H,20,22). The Morgan fingerprint density at radius 2 is 2.16 bits per heavy atom. The van der Waals surface area contributed by atoms with Gasteiger partial charge in [-0.2, -0.15) is 8.78 Å². The zero-order valence-corrected chi connectivity index (χ0v) is 13.8. The molecule has 1 amide bonds. The van der Waals surface area contributed by atoms with E-state index in [0.717, 1.165) is 5.56 Å². The van der Waals surface area contributed by atoms with Gasteiger partial charge in [-0.05, 0) is 37.5 Å². The number of hydrogen-bond donors (Lipinski definition) is 1. The highest BCUT2D eigenvalue weighted by atomic mass is 19.3. The lowest BCUT2D eigenvalue weighted by atomic mass is 10.2. The summed E-state index contributed by atoms with van der Waals surface area (Å²) >= 11 is 0. The SMILES string of the molecule is CCOC(=O)C1(NC(=O)C2CN2Cc2cccc(OC(F)F)c2)CC1. The van der Waals surface area contributed by atoms with Crippen molar-refractivity contribution in [1.82, 2.24) is 10.2 Å². The number of ether oxygens (including phenoxy) is 2. The second-order valence-corrected chi connectivity index (χ2v) is 6.26. The smallest absolute Gasteiger partial charge is 0.387 e. The molecule has 3 rings (SSSR count). The van der Waals surface area contributed by atoms with Crippen molar-refractivity contribution in [2.45, 2.75) is 44.5 Å². The van der Waals surface area contributed by atoms with Crippen LogP contribution in [0.2, 0.25) is 0 Å². The molecule has 2 atom stereocenters. The highest BCUT2D eigenvalue weighted by molar-refractivity contribution is 5.93. The lowest BCUT2D eigenvalue weighted by Gasteiger charge is -2.15. The van der Waals surface area contributed by atoms with Crippen LogP contribution in [0.15, 0.2) is 24.3 Å². The summed E-state index contributed by atoms with van der Waals surface area (Å²) in [6.07, 6.45) is 1.19. The van der Waals surface area contributed by atoms with Gasteiger partial charge in [0.05, 0.1) is 6.61 Å². The van der Waals surface area contributed by atoms with Gasteiger partial charge in [-0.25, -0.2) is 4.79 Å². The van der Waals surface area contributed by atoms with Crippen molar-refractivity contribution < 1.29 is 27.8 Å². The molecule has 0 aromatic heterocycles. The molecule has 2 fully saturated rings. The summed E-state index contributed by atoms with van der Waals surface area (Å²) in [5.74, 6) is -0.493. The van der Waals surface area contributed by atoms with E-state index in [1.807, 2.05) is 4.90 Å². The Bertz CT molecular complexity index is 664. The van der Waals surface area contributed by atoms with Crippen LogP contribution in [-0.4, -0.2) is 48.1 Å². The number of halogens is 2. The maximum absolute atomic E-state index is 12.3. The van der Waals surface area contributed by atoms with Crippen LogP contribution in [0, 0.1) is 0 Å². The topological polar surface area (TPSA) is 67.6 Å². The van der Waals surface area contributed by atoms with E-state index in [0.29, 0.717) is 25.9 Å². The van der Waals surface area contributed by atoms with Gasteiger partial charge >= 0.3 is 12.6 Å². The Balaban J connectivity index is 1.51. The number of hydrogen-bond acceptors (Lipinski definition) is 5. The number of nitrogens with one attached hydrogen (secondary N) is 1. The first-order valence-corrected chi connectivity index (χ1v) is 8.20. The zero-order valence-electron chi connectivity index (χ0n) is 13.8. The third kappa shape index (κ3) is 4.25. The third-order valence-corrected chi connectivity index (χ3v) is 4.31. The van der Waals surface area contributed by atoms with Gasteiger partial charge in [0, 0.05) is 13.1 Å². The molecule has 1 heterocycles. The van der Waals surface area contributed by atoms with Gasteiger partial charge in [0.2, 0.25) is 5.91 Å². The van der Waals surface area contributed by atoms with E-state index in [1.54, 1.807) is 19.1 Å². The molecular formula is C17H20F2N2O4. The number of esters is 1. The van der Waals surface area contributed by atoms with Crippen molar-refractivity contribution in [3.05, 3.63) is 29.8 Å². The average Bonchev–Trinajstić information content (AvgIpc) is 3.44. The van der Waals surface area contributed by atoms with E-state index in [-0.39, 0.29) is 30.3 Å². The fraction of sp³-hybridized carbons (Fsp3) is 0.529. The number of benzene rings is 1. The molecule has 8 heteroatoms. The van der Waals surface area contributed by atoms with Crippen LogP contribution in [0.25, 0.3) is 0 Å². The molecule has 0 radical (unpaired) electrons. The molecule has 1 saturated heterocycles. The molecule has 6 nitrogen and oxygen atoms in total. The minimum absolute atomic E-state index is 0.0922. The Morgan fingerprint density at radius 3 is 2.80 bits per heavy atom. The number of alkyl halides is 2. The minimum Gasteiger partial charge on any atom is -0.464 e.